The monoisotopic (exact) mass is 203 g/mol. The van der Waals surface area contributed by atoms with Crippen molar-refractivity contribution in [2.24, 2.45) is 0 Å². The van der Waals surface area contributed by atoms with E-state index in [1.165, 1.54) is 5.56 Å². The van der Waals surface area contributed by atoms with Crippen molar-refractivity contribution in [3.8, 4) is 0 Å². The number of hydrogen-bond acceptors (Lipinski definition) is 1. The third-order valence-corrected chi connectivity index (χ3v) is 2.55. The summed E-state index contributed by atoms with van der Waals surface area (Å²) in [4.78, 5) is 0. The molecule has 0 aliphatic carbocycles. The van der Waals surface area contributed by atoms with Crippen LogP contribution in [-0.4, -0.2) is 5.54 Å². The predicted molar refractivity (Wildman–Crippen MR) is 68.4 cm³/mol. The van der Waals surface area contributed by atoms with Crippen LogP contribution >= 0.6 is 0 Å². The largest absolute Gasteiger partial charge is 0.377 e. The van der Waals surface area contributed by atoms with E-state index in [-0.39, 0.29) is 5.54 Å². The minimum atomic E-state index is -0.0562. The first-order valence-electron chi connectivity index (χ1n) is 5.46. The summed E-state index contributed by atoms with van der Waals surface area (Å²) in [6.07, 6.45) is 1.92. The van der Waals surface area contributed by atoms with Crippen LogP contribution < -0.4 is 5.32 Å². The van der Waals surface area contributed by atoms with Crippen LogP contribution in [0.2, 0.25) is 0 Å². The SMILES string of the molecule is C=CC(C)(C)Nc1ccc(C(C)C)cc1. The Labute approximate surface area is 93.2 Å². The van der Waals surface area contributed by atoms with Crippen LogP contribution in [0, 0.1) is 0 Å². The molecule has 0 aliphatic heterocycles. The van der Waals surface area contributed by atoms with E-state index in [9.17, 15) is 0 Å². The third kappa shape index (κ3) is 3.43. The lowest BCUT2D eigenvalue weighted by molar-refractivity contribution is 0.714. The number of benzene rings is 1. The summed E-state index contributed by atoms with van der Waals surface area (Å²) in [5.74, 6) is 0.589. The third-order valence-electron chi connectivity index (χ3n) is 2.55. The van der Waals surface area contributed by atoms with Gasteiger partial charge in [-0.1, -0.05) is 32.1 Å². The molecule has 0 aliphatic rings. The fraction of sp³-hybridized carbons (Fsp3) is 0.429. The van der Waals surface area contributed by atoms with Gasteiger partial charge in [0.25, 0.3) is 0 Å². The first-order chi connectivity index (χ1) is 6.94. The number of hydrogen-bond donors (Lipinski definition) is 1. The molecule has 0 spiro atoms. The second-order valence-corrected chi connectivity index (χ2v) is 4.83. The van der Waals surface area contributed by atoms with Crippen LogP contribution in [0.5, 0.6) is 0 Å². The van der Waals surface area contributed by atoms with E-state index in [0.29, 0.717) is 5.92 Å². The minimum absolute atomic E-state index is 0.0562. The molecule has 0 saturated heterocycles. The predicted octanol–water partition coefficient (Wildman–Crippen LogP) is 4.19. The summed E-state index contributed by atoms with van der Waals surface area (Å²) < 4.78 is 0. The molecule has 0 fully saturated rings. The second kappa shape index (κ2) is 4.52. The summed E-state index contributed by atoms with van der Waals surface area (Å²) in [7, 11) is 0. The molecule has 1 N–H and O–H groups in total. The van der Waals surface area contributed by atoms with E-state index in [1.807, 2.05) is 6.08 Å². The van der Waals surface area contributed by atoms with Gasteiger partial charge in [0.2, 0.25) is 0 Å². The molecule has 15 heavy (non-hydrogen) atoms. The fourth-order valence-electron chi connectivity index (χ4n) is 1.37. The van der Waals surface area contributed by atoms with Crippen molar-refractivity contribution < 1.29 is 0 Å². The Kier molecular flexibility index (Phi) is 3.57. The van der Waals surface area contributed by atoms with Gasteiger partial charge in [0, 0.05) is 11.2 Å². The molecule has 1 aromatic rings. The van der Waals surface area contributed by atoms with Crippen molar-refractivity contribution in [3.05, 3.63) is 42.5 Å². The minimum Gasteiger partial charge on any atom is -0.377 e. The molecule has 0 unspecified atom stereocenters. The van der Waals surface area contributed by atoms with Crippen molar-refractivity contribution in [2.45, 2.75) is 39.2 Å². The van der Waals surface area contributed by atoms with Crippen molar-refractivity contribution in [1.29, 1.82) is 0 Å². The topological polar surface area (TPSA) is 12.0 Å². The Morgan fingerprint density at radius 1 is 1.20 bits per heavy atom. The summed E-state index contributed by atoms with van der Waals surface area (Å²) in [6.45, 7) is 12.4. The molecule has 0 heterocycles. The van der Waals surface area contributed by atoms with Crippen LogP contribution in [0.4, 0.5) is 5.69 Å². The first-order valence-corrected chi connectivity index (χ1v) is 5.46. The van der Waals surface area contributed by atoms with E-state index >= 15 is 0 Å². The van der Waals surface area contributed by atoms with Gasteiger partial charge in [-0.25, -0.2) is 0 Å². The van der Waals surface area contributed by atoms with Crippen LogP contribution in [0.25, 0.3) is 0 Å². The average Bonchev–Trinajstić information content (AvgIpc) is 2.18. The van der Waals surface area contributed by atoms with Crippen LogP contribution in [-0.2, 0) is 0 Å². The van der Waals surface area contributed by atoms with Gasteiger partial charge in [-0.15, -0.1) is 6.58 Å². The molecular weight excluding hydrogens is 182 g/mol. The molecule has 1 heteroatoms. The highest BCUT2D eigenvalue weighted by atomic mass is 14.9. The zero-order chi connectivity index (χ0) is 11.5. The Morgan fingerprint density at radius 3 is 2.13 bits per heavy atom. The Bertz CT molecular complexity index is 320. The van der Waals surface area contributed by atoms with Crippen LogP contribution in [0.3, 0.4) is 0 Å². The summed E-state index contributed by atoms with van der Waals surface area (Å²) in [5.41, 5.74) is 2.46. The van der Waals surface area contributed by atoms with E-state index < -0.39 is 0 Å². The standard InChI is InChI=1S/C14H21N/c1-6-14(4,5)15-13-9-7-12(8-10-13)11(2)3/h6-11,15H,1H2,2-5H3. The number of rotatable bonds is 4. The number of nitrogens with one attached hydrogen (secondary N) is 1. The van der Waals surface area contributed by atoms with Crippen LogP contribution in [0.1, 0.15) is 39.2 Å². The normalized spacial score (nSPS) is 11.5. The van der Waals surface area contributed by atoms with Crippen LogP contribution in [0.15, 0.2) is 36.9 Å². The molecule has 0 aromatic heterocycles. The first kappa shape index (κ1) is 11.8. The highest BCUT2D eigenvalue weighted by Crippen LogP contribution is 2.20. The van der Waals surface area contributed by atoms with Gasteiger partial charge in [-0.3, -0.25) is 0 Å². The molecule has 1 rings (SSSR count). The Hall–Kier alpha value is -1.24. The highest BCUT2D eigenvalue weighted by Gasteiger charge is 2.11. The van der Waals surface area contributed by atoms with E-state index in [1.54, 1.807) is 0 Å². The van der Waals surface area contributed by atoms with E-state index in [0.717, 1.165) is 5.69 Å². The maximum absolute atomic E-state index is 3.81. The molecule has 0 saturated carbocycles. The Morgan fingerprint density at radius 2 is 1.73 bits per heavy atom. The lowest BCUT2D eigenvalue weighted by atomic mass is 10.0. The highest BCUT2D eigenvalue weighted by molar-refractivity contribution is 5.48. The zero-order valence-corrected chi connectivity index (χ0v) is 10.2. The van der Waals surface area contributed by atoms with E-state index in [2.05, 4.69) is 63.9 Å². The summed E-state index contributed by atoms with van der Waals surface area (Å²) in [6, 6.07) is 8.60. The van der Waals surface area contributed by atoms with Crippen molar-refractivity contribution in [3.63, 3.8) is 0 Å². The molecule has 0 amide bonds. The average molecular weight is 203 g/mol. The van der Waals surface area contributed by atoms with Crippen molar-refractivity contribution in [2.75, 3.05) is 5.32 Å². The second-order valence-electron chi connectivity index (χ2n) is 4.83. The quantitative estimate of drug-likeness (QED) is 0.724. The smallest absolute Gasteiger partial charge is 0.0497 e. The van der Waals surface area contributed by atoms with Gasteiger partial charge in [0.05, 0.1) is 0 Å². The lowest BCUT2D eigenvalue weighted by Crippen LogP contribution is -2.27. The van der Waals surface area contributed by atoms with Gasteiger partial charge in [-0.2, -0.15) is 0 Å². The molecule has 0 radical (unpaired) electrons. The molecule has 0 bridgehead atoms. The maximum Gasteiger partial charge on any atom is 0.0497 e. The Balaban J connectivity index is 2.77. The maximum atomic E-state index is 3.81. The molecule has 1 nitrogen and oxygen atoms in total. The van der Waals surface area contributed by atoms with Gasteiger partial charge in [0.15, 0.2) is 0 Å². The fourth-order valence-corrected chi connectivity index (χ4v) is 1.37. The molecular formula is C14H21N. The lowest BCUT2D eigenvalue weighted by Gasteiger charge is -2.23. The number of anilines is 1. The van der Waals surface area contributed by atoms with Crippen molar-refractivity contribution >= 4 is 5.69 Å². The van der Waals surface area contributed by atoms with Gasteiger partial charge in [-0.05, 0) is 37.5 Å². The molecule has 1 aromatic carbocycles. The molecule has 0 atom stereocenters. The van der Waals surface area contributed by atoms with Crippen molar-refractivity contribution in [1.82, 2.24) is 0 Å². The van der Waals surface area contributed by atoms with E-state index in [4.69, 9.17) is 0 Å². The summed E-state index contributed by atoms with van der Waals surface area (Å²) >= 11 is 0. The molecule has 82 valence electrons. The zero-order valence-electron chi connectivity index (χ0n) is 10.2. The van der Waals surface area contributed by atoms with Gasteiger partial charge >= 0.3 is 0 Å². The van der Waals surface area contributed by atoms with Gasteiger partial charge < -0.3 is 5.32 Å². The summed E-state index contributed by atoms with van der Waals surface area (Å²) in [5, 5.41) is 3.42. The van der Waals surface area contributed by atoms with Gasteiger partial charge in [0.1, 0.15) is 0 Å².